The van der Waals surface area contributed by atoms with Crippen molar-refractivity contribution in [1.29, 1.82) is 0 Å². The highest BCUT2D eigenvalue weighted by Gasteiger charge is 2.36. The van der Waals surface area contributed by atoms with Crippen LogP contribution in [0.15, 0.2) is 55.4 Å². The zero-order valence-electron chi connectivity index (χ0n) is 10.9. The van der Waals surface area contributed by atoms with E-state index in [0.29, 0.717) is 6.61 Å². The number of benzene rings is 1. The molecule has 1 atom stereocenters. The van der Waals surface area contributed by atoms with E-state index < -0.39 is 0 Å². The van der Waals surface area contributed by atoms with Crippen LogP contribution < -0.4 is 4.90 Å². The predicted molar refractivity (Wildman–Crippen MR) is 77.3 cm³/mol. The SMILES string of the molecule is C=Cc1ccncc1N1C(=O)OC[C@H]1c1ccccc1. The molecule has 2 heterocycles. The molecule has 0 saturated carbocycles. The molecule has 100 valence electrons. The summed E-state index contributed by atoms with van der Waals surface area (Å²) in [7, 11) is 0. The van der Waals surface area contributed by atoms with Crippen molar-refractivity contribution in [1.82, 2.24) is 4.98 Å². The van der Waals surface area contributed by atoms with Crippen molar-refractivity contribution in [2.45, 2.75) is 6.04 Å². The molecule has 1 fully saturated rings. The molecule has 4 nitrogen and oxygen atoms in total. The summed E-state index contributed by atoms with van der Waals surface area (Å²) in [6.07, 6.45) is 4.71. The zero-order chi connectivity index (χ0) is 13.9. The zero-order valence-corrected chi connectivity index (χ0v) is 10.9. The molecular formula is C16H14N2O2. The fourth-order valence-corrected chi connectivity index (χ4v) is 2.38. The minimum absolute atomic E-state index is 0.133. The number of ether oxygens (including phenoxy) is 1. The van der Waals surface area contributed by atoms with E-state index in [1.54, 1.807) is 23.4 Å². The smallest absolute Gasteiger partial charge is 0.415 e. The van der Waals surface area contributed by atoms with E-state index in [-0.39, 0.29) is 12.1 Å². The van der Waals surface area contributed by atoms with E-state index in [1.807, 2.05) is 36.4 Å². The van der Waals surface area contributed by atoms with Gasteiger partial charge in [0.15, 0.2) is 0 Å². The molecule has 1 aromatic carbocycles. The molecule has 1 aliphatic rings. The molecule has 0 bridgehead atoms. The molecule has 20 heavy (non-hydrogen) atoms. The van der Waals surface area contributed by atoms with E-state index in [2.05, 4.69) is 11.6 Å². The van der Waals surface area contributed by atoms with Gasteiger partial charge in [0.05, 0.1) is 17.9 Å². The highest BCUT2D eigenvalue weighted by molar-refractivity contribution is 5.92. The van der Waals surface area contributed by atoms with Gasteiger partial charge in [0, 0.05) is 11.8 Å². The number of pyridine rings is 1. The molecule has 0 unspecified atom stereocenters. The maximum absolute atomic E-state index is 12.1. The Bertz CT molecular complexity index is 640. The Balaban J connectivity index is 2.05. The van der Waals surface area contributed by atoms with E-state index in [0.717, 1.165) is 16.8 Å². The van der Waals surface area contributed by atoms with Crippen LogP contribution in [-0.2, 0) is 4.74 Å². The third-order valence-corrected chi connectivity index (χ3v) is 3.37. The standard InChI is InChI=1S/C16H14N2O2/c1-2-12-8-9-17-10-14(12)18-15(11-20-16(18)19)13-6-4-3-5-7-13/h2-10,15H,1,11H2/t15-/m0/s1. The van der Waals surface area contributed by atoms with Gasteiger partial charge in [-0.2, -0.15) is 0 Å². The molecule has 2 aromatic rings. The Morgan fingerprint density at radius 1 is 1.30 bits per heavy atom. The van der Waals surface area contributed by atoms with Gasteiger partial charge in [-0.1, -0.05) is 43.0 Å². The maximum Gasteiger partial charge on any atom is 0.415 e. The number of amides is 1. The lowest BCUT2D eigenvalue weighted by atomic mass is 10.1. The second-order valence-electron chi connectivity index (χ2n) is 4.51. The molecule has 1 amide bonds. The van der Waals surface area contributed by atoms with E-state index in [9.17, 15) is 4.79 Å². The highest BCUT2D eigenvalue weighted by Crippen LogP contribution is 2.34. The van der Waals surface area contributed by atoms with Crippen molar-refractivity contribution >= 4 is 17.9 Å². The van der Waals surface area contributed by atoms with Gasteiger partial charge in [0.25, 0.3) is 0 Å². The number of aromatic nitrogens is 1. The first-order valence-electron chi connectivity index (χ1n) is 6.38. The summed E-state index contributed by atoms with van der Waals surface area (Å²) >= 11 is 0. The van der Waals surface area contributed by atoms with Crippen LogP contribution in [0.5, 0.6) is 0 Å². The second-order valence-corrected chi connectivity index (χ2v) is 4.51. The summed E-state index contributed by atoms with van der Waals surface area (Å²) in [4.78, 5) is 17.8. The van der Waals surface area contributed by atoms with Gasteiger partial charge < -0.3 is 4.74 Å². The molecule has 1 aromatic heterocycles. The fraction of sp³-hybridized carbons (Fsp3) is 0.125. The Labute approximate surface area is 117 Å². The second kappa shape index (κ2) is 5.17. The van der Waals surface area contributed by atoms with E-state index >= 15 is 0 Å². The van der Waals surface area contributed by atoms with Gasteiger partial charge in [-0.25, -0.2) is 4.79 Å². The molecular weight excluding hydrogens is 252 g/mol. The Kier molecular flexibility index (Phi) is 3.21. The molecule has 0 spiro atoms. The molecule has 0 radical (unpaired) electrons. The van der Waals surface area contributed by atoms with Gasteiger partial charge in [0.2, 0.25) is 0 Å². The monoisotopic (exact) mass is 266 g/mol. The van der Waals surface area contributed by atoms with Crippen LogP contribution in [0.25, 0.3) is 6.08 Å². The quantitative estimate of drug-likeness (QED) is 0.854. The van der Waals surface area contributed by atoms with Crippen molar-refractivity contribution in [3.05, 3.63) is 66.5 Å². The summed E-state index contributed by atoms with van der Waals surface area (Å²) in [6.45, 7) is 4.12. The fourth-order valence-electron chi connectivity index (χ4n) is 2.38. The highest BCUT2D eigenvalue weighted by atomic mass is 16.6. The van der Waals surface area contributed by atoms with Crippen LogP contribution >= 0.6 is 0 Å². The van der Waals surface area contributed by atoms with Crippen LogP contribution in [-0.4, -0.2) is 17.7 Å². The maximum atomic E-state index is 12.1. The van der Waals surface area contributed by atoms with Crippen molar-refractivity contribution < 1.29 is 9.53 Å². The largest absolute Gasteiger partial charge is 0.447 e. The normalized spacial score (nSPS) is 17.9. The number of cyclic esters (lactones) is 1. The van der Waals surface area contributed by atoms with Crippen molar-refractivity contribution in [3.63, 3.8) is 0 Å². The molecule has 4 heteroatoms. The molecule has 0 aliphatic carbocycles. The number of carbonyl (C=O) groups excluding carboxylic acids is 1. The molecule has 3 rings (SSSR count). The number of nitrogens with zero attached hydrogens (tertiary/aromatic N) is 2. The van der Waals surface area contributed by atoms with Crippen LogP contribution in [0.3, 0.4) is 0 Å². The number of anilines is 1. The number of hydrogen-bond acceptors (Lipinski definition) is 3. The van der Waals surface area contributed by atoms with Crippen molar-refractivity contribution in [2.75, 3.05) is 11.5 Å². The van der Waals surface area contributed by atoms with Crippen LogP contribution in [0.1, 0.15) is 17.2 Å². The van der Waals surface area contributed by atoms with Crippen LogP contribution in [0.2, 0.25) is 0 Å². The first-order chi connectivity index (χ1) is 9.81. The van der Waals surface area contributed by atoms with Gasteiger partial charge in [-0.05, 0) is 11.6 Å². The Hall–Kier alpha value is -2.62. The molecule has 1 saturated heterocycles. The topological polar surface area (TPSA) is 42.4 Å². The summed E-state index contributed by atoms with van der Waals surface area (Å²) < 4.78 is 5.21. The Morgan fingerprint density at radius 2 is 2.10 bits per heavy atom. The van der Waals surface area contributed by atoms with Gasteiger partial charge in [0.1, 0.15) is 6.61 Å². The molecule has 1 aliphatic heterocycles. The summed E-state index contributed by atoms with van der Waals surface area (Å²) in [5, 5.41) is 0. The summed E-state index contributed by atoms with van der Waals surface area (Å²) in [6, 6.07) is 11.5. The third kappa shape index (κ3) is 2.05. The minimum Gasteiger partial charge on any atom is -0.447 e. The first-order valence-corrected chi connectivity index (χ1v) is 6.38. The van der Waals surface area contributed by atoms with Crippen LogP contribution in [0, 0.1) is 0 Å². The van der Waals surface area contributed by atoms with Crippen LogP contribution in [0.4, 0.5) is 10.5 Å². The van der Waals surface area contributed by atoms with Gasteiger partial charge in [-0.3, -0.25) is 9.88 Å². The number of hydrogen-bond donors (Lipinski definition) is 0. The number of carbonyl (C=O) groups is 1. The molecule has 0 N–H and O–H groups in total. The number of rotatable bonds is 3. The van der Waals surface area contributed by atoms with Crippen molar-refractivity contribution in [2.24, 2.45) is 0 Å². The minimum atomic E-state index is -0.352. The lowest BCUT2D eigenvalue weighted by Gasteiger charge is -2.23. The third-order valence-electron chi connectivity index (χ3n) is 3.37. The first kappa shape index (κ1) is 12.4. The van der Waals surface area contributed by atoms with E-state index in [4.69, 9.17) is 4.74 Å². The summed E-state index contributed by atoms with van der Waals surface area (Å²) in [5.41, 5.74) is 2.62. The predicted octanol–water partition coefficient (Wildman–Crippen LogP) is 3.42. The lowest BCUT2D eigenvalue weighted by Crippen LogP contribution is -2.28. The van der Waals surface area contributed by atoms with Crippen molar-refractivity contribution in [3.8, 4) is 0 Å². The van der Waals surface area contributed by atoms with E-state index in [1.165, 1.54) is 0 Å². The average Bonchev–Trinajstić information content (AvgIpc) is 2.89. The Morgan fingerprint density at radius 3 is 2.85 bits per heavy atom. The average molecular weight is 266 g/mol. The summed E-state index contributed by atoms with van der Waals surface area (Å²) in [5.74, 6) is 0. The lowest BCUT2D eigenvalue weighted by molar-refractivity contribution is 0.179. The van der Waals surface area contributed by atoms with Gasteiger partial charge >= 0.3 is 6.09 Å². The van der Waals surface area contributed by atoms with Gasteiger partial charge in [-0.15, -0.1) is 0 Å².